The molecule has 2 aromatic rings. The molecule has 2 aromatic heterocycles. The summed E-state index contributed by atoms with van der Waals surface area (Å²) in [4.78, 5) is 29.8. The van der Waals surface area contributed by atoms with Gasteiger partial charge >= 0.3 is 6.03 Å². The Bertz CT molecular complexity index is 617. The molecule has 3 amide bonds. The quantitative estimate of drug-likeness (QED) is 0.937. The van der Waals surface area contributed by atoms with Gasteiger partial charge in [-0.2, -0.15) is 0 Å². The van der Waals surface area contributed by atoms with Crippen LogP contribution in [0.4, 0.5) is 4.79 Å². The Morgan fingerprint density at radius 3 is 2.32 bits per heavy atom. The summed E-state index contributed by atoms with van der Waals surface area (Å²) in [5.41, 5.74) is 0. The fourth-order valence-corrected chi connectivity index (χ4v) is 3.69. The molecular weight excluding hydrogens is 318 g/mol. The van der Waals surface area contributed by atoms with Crippen molar-refractivity contribution in [3.63, 3.8) is 0 Å². The van der Waals surface area contributed by atoms with Crippen LogP contribution in [0.1, 0.15) is 14.5 Å². The van der Waals surface area contributed by atoms with Crippen LogP contribution >= 0.6 is 22.7 Å². The van der Waals surface area contributed by atoms with Gasteiger partial charge in [0.1, 0.15) is 0 Å². The van der Waals surface area contributed by atoms with E-state index in [1.165, 1.54) is 11.3 Å². The molecule has 1 N–H and O–H groups in total. The average Bonchev–Trinajstić information content (AvgIpc) is 3.25. The molecule has 1 aliphatic heterocycles. The highest BCUT2D eigenvalue weighted by molar-refractivity contribution is 7.12. The molecule has 5 nitrogen and oxygen atoms in total. The Morgan fingerprint density at radius 2 is 1.68 bits per heavy atom. The molecule has 3 rings (SSSR count). The molecule has 0 aromatic carbocycles. The van der Waals surface area contributed by atoms with Gasteiger partial charge in [0.2, 0.25) is 0 Å². The van der Waals surface area contributed by atoms with E-state index in [0.29, 0.717) is 32.7 Å². The smallest absolute Gasteiger partial charge is 0.317 e. The van der Waals surface area contributed by atoms with Gasteiger partial charge in [0.15, 0.2) is 0 Å². The predicted octanol–water partition coefficient (Wildman–Crippen LogP) is 2.48. The SMILES string of the molecule is O=C(NCc1cccs1)N1CCN(C(=O)c2cccs2)CC1. The fourth-order valence-electron chi connectivity index (χ4n) is 2.36. The van der Waals surface area contributed by atoms with Gasteiger partial charge in [-0.25, -0.2) is 4.79 Å². The Balaban J connectivity index is 1.47. The summed E-state index contributed by atoms with van der Waals surface area (Å²) in [6.45, 7) is 2.89. The first kappa shape index (κ1) is 15.1. The van der Waals surface area contributed by atoms with Gasteiger partial charge in [-0.3, -0.25) is 4.79 Å². The summed E-state index contributed by atoms with van der Waals surface area (Å²) >= 11 is 3.08. The molecule has 0 saturated carbocycles. The van der Waals surface area contributed by atoms with Gasteiger partial charge in [0.05, 0.1) is 11.4 Å². The van der Waals surface area contributed by atoms with Crippen molar-refractivity contribution in [2.45, 2.75) is 6.54 Å². The molecule has 0 aliphatic carbocycles. The van der Waals surface area contributed by atoms with Crippen molar-refractivity contribution in [1.82, 2.24) is 15.1 Å². The zero-order valence-electron chi connectivity index (χ0n) is 12.0. The molecule has 22 heavy (non-hydrogen) atoms. The van der Waals surface area contributed by atoms with Crippen LogP contribution < -0.4 is 5.32 Å². The first-order valence-electron chi connectivity index (χ1n) is 7.12. The second-order valence-corrected chi connectivity index (χ2v) is 6.97. The average molecular weight is 335 g/mol. The highest BCUT2D eigenvalue weighted by atomic mass is 32.1. The van der Waals surface area contributed by atoms with Crippen LogP contribution in [0.2, 0.25) is 0 Å². The van der Waals surface area contributed by atoms with Crippen molar-refractivity contribution in [3.8, 4) is 0 Å². The summed E-state index contributed by atoms with van der Waals surface area (Å²) < 4.78 is 0. The second-order valence-electron chi connectivity index (χ2n) is 4.99. The molecule has 0 radical (unpaired) electrons. The Hall–Kier alpha value is -1.86. The third-order valence-electron chi connectivity index (χ3n) is 3.58. The van der Waals surface area contributed by atoms with Crippen molar-refractivity contribution < 1.29 is 9.59 Å². The van der Waals surface area contributed by atoms with E-state index in [-0.39, 0.29) is 11.9 Å². The fraction of sp³-hybridized carbons (Fsp3) is 0.333. The predicted molar refractivity (Wildman–Crippen MR) is 88.4 cm³/mol. The third kappa shape index (κ3) is 3.48. The molecule has 7 heteroatoms. The molecule has 116 valence electrons. The maximum Gasteiger partial charge on any atom is 0.317 e. The number of nitrogens with one attached hydrogen (secondary N) is 1. The van der Waals surface area contributed by atoms with E-state index >= 15 is 0 Å². The summed E-state index contributed by atoms with van der Waals surface area (Å²) in [5.74, 6) is 0.0636. The van der Waals surface area contributed by atoms with Crippen LogP contribution in [0.5, 0.6) is 0 Å². The molecule has 1 aliphatic rings. The topological polar surface area (TPSA) is 52.7 Å². The molecular formula is C15H17N3O2S2. The van der Waals surface area contributed by atoms with E-state index in [1.807, 2.05) is 39.9 Å². The van der Waals surface area contributed by atoms with Crippen molar-refractivity contribution >= 4 is 34.6 Å². The number of nitrogens with zero attached hydrogens (tertiary/aromatic N) is 2. The Kier molecular flexibility index (Phi) is 4.74. The second kappa shape index (κ2) is 6.93. The molecule has 1 fully saturated rings. The maximum absolute atomic E-state index is 12.2. The molecule has 0 bridgehead atoms. The highest BCUT2D eigenvalue weighted by Gasteiger charge is 2.25. The zero-order valence-corrected chi connectivity index (χ0v) is 13.7. The van der Waals surface area contributed by atoms with Crippen LogP contribution in [0.15, 0.2) is 35.0 Å². The molecule has 0 spiro atoms. The van der Waals surface area contributed by atoms with Crippen LogP contribution in [-0.4, -0.2) is 47.9 Å². The first-order chi connectivity index (χ1) is 10.7. The van der Waals surface area contributed by atoms with E-state index < -0.39 is 0 Å². The number of hydrogen-bond acceptors (Lipinski definition) is 4. The number of amides is 3. The van der Waals surface area contributed by atoms with Gasteiger partial charge in [-0.15, -0.1) is 22.7 Å². The minimum absolute atomic E-state index is 0.0587. The standard InChI is InChI=1S/C15H17N3O2S2/c19-14(13-4-2-10-22-13)17-5-7-18(8-6-17)15(20)16-11-12-3-1-9-21-12/h1-4,9-10H,5-8,11H2,(H,16,20). The van der Waals surface area contributed by atoms with Crippen molar-refractivity contribution in [3.05, 3.63) is 44.8 Å². The van der Waals surface area contributed by atoms with Gasteiger partial charge < -0.3 is 15.1 Å². The Morgan fingerprint density at radius 1 is 1.00 bits per heavy atom. The van der Waals surface area contributed by atoms with Crippen LogP contribution in [-0.2, 0) is 6.54 Å². The molecule has 3 heterocycles. The number of urea groups is 1. The summed E-state index contributed by atoms with van der Waals surface area (Å²) in [6.07, 6.45) is 0. The lowest BCUT2D eigenvalue weighted by molar-refractivity contribution is 0.0669. The van der Waals surface area contributed by atoms with E-state index in [1.54, 1.807) is 16.2 Å². The monoisotopic (exact) mass is 335 g/mol. The van der Waals surface area contributed by atoms with Crippen LogP contribution in [0, 0.1) is 0 Å². The molecule has 0 atom stereocenters. The highest BCUT2D eigenvalue weighted by Crippen LogP contribution is 2.14. The largest absolute Gasteiger partial charge is 0.334 e. The number of carbonyl (C=O) groups is 2. The van der Waals surface area contributed by atoms with E-state index in [0.717, 1.165) is 9.75 Å². The lowest BCUT2D eigenvalue weighted by atomic mass is 10.3. The van der Waals surface area contributed by atoms with Gasteiger partial charge in [-0.05, 0) is 22.9 Å². The zero-order chi connectivity index (χ0) is 15.4. The minimum Gasteiger partial charge on any atom is -0.334 e. The van der Waals surface area contributed by atoms with Gasteiger partial charge in [0.25, 0.3) is 5.91 Å². The summed E-state index contributed by atoms with van der Waals surface area (Å²) in [7, 11) is 0. The lowest BCUT2D eigenvalue weighted by Crippen LogP contribution is -2.52. The minimum atomic E-state index is -0.0587. The summed E-state index contributed by atoms with van der Waals surface area (Å²) in [6, 6.07) is 7.64. The molecule has 0 unspecified atom stereocenters. The number of piperazine rings is 1. The first-order valence-corrected chi connectivity index (χ1v) is 8.88. The van der Waals surface area contributed by atoms with Gasteiger partial charge in [-0.1, -0.05) is 12.1 Å². The molecule has 1 saturated heterocycles. The van der Waals surface area contributed by atoms with E-state index in [9.17, 15) is 9.59 Å². The normalized spacial score (nSPS) is 14.9. The lowest BCUT2D eigenvalue weighted by Gasteiger charge is -2.34. The van der Waals surface area contributed by atoms with Crippen LogP contribution in [0.3, 0.4) is 0 Å². The Labute approximate surface area is 137 Å². The number of hydrogen-bond donors (Lipinski definition) is 1. The number of rotatable bonds is 3. The number of carbonyl (C=O) groups excluding carboxylic acids is 2. The van der Waals surface area contributed by atoms with E-state index in [2.05, 4.69) is 5.32 Å². The third-order valence-corrected chi connectivity index (χ3v) is 5.31. The summed E-state index contributed by atoms with van der Waals surface area (Å²) in [5, 5.41) is 6.82. The maximum atomic E-state index is 12.2. The van der Waals surface area contributed by atoms with Crippen molar-refractivity contribution in [2.24, 2.45) is 0 Å². The van der Waals surface area contributed by atoms with Crippen molar-refractivity contribution in [1.29, 1.82) is 0 Å². The van der Waals surface area contributed by atoms with Gasteiger partial charge in [0, 0.05) is 31.1 Å². The number of thiophene rings is 2. The van der Waals surface area contributed by atoms with E-state index in [4.69, 9.17) is 0 Å². The van der Waals surface area contributed by atoms with Crippen molar-refractivity contribution in [2.75, 3.05) is 26.2 Å². The van der Waals surface area contributed by atoms with Crippen LogP contribution in [0.25, 0.3) is 0 Å².